The Morgan fingerprint density at radius 2 is 2.12 bits per heavy atom. The van der Waals surface area contributed by atoms with Crippen molar-refractivity contribution >= 4 is 11.5 Å². The smallest absolute Gasteiger partial charge is 0.306 e. The third-order valence-electron chi connectivity index (χ3n) is 3.40. The molecule has 0 N–H and O–H groups in total. The standard InChI is InChI=1S/C15H18O2/c1-10(2)12-6-4-5-7-13(12)14-8-15(16)17-9-11(14)3/h4-7,11,14H,1,8-9H2,2-3H3/t11-,14-/m1/s1. The molecule has 0 radical (unpaired) electrons. The van der Waals surface area contributed by atoms with E-state index in [0.717, 1.165) is 5.57 Å². The molecule has 1 aromatic rings. The topological polar surface area (TPSA) is 26.3 Å². The van der Waals surface area contributed by atoms with Crippen LogP contribution in [0.25, 0.3) is 5.57 Å². The number of hydrogen-bond acceptors (Lipinski definition) is 2. The van der Waals surface area contributed by atoms with Crippen molar-refractivity contribution in [1.29, 1.82) is 0 Å². The molecule has 0 saturated carbocycles. The largest absolute Gasteiger partial charge is 0.465 e. The minimum Gasteiger partial charge on any atom is -0.465 e. The predicted molar refractivity (Wildman–Crippen MR) is 68.6 cm³/mol. The molecule has 17 heavy (non-hydrogen) atoms. The fraction of sp³-hybridized carbons (Fsp3) is 0.400. The van der Waals surface area contributed by atoms with Gasteiger partial charge in [0.1, 0.15) is 0 Å². The van der Waals surface area contributed by atoms with Crippen molar-refractivity contribution in [2.75, 3.05) is 6.61 Å². The van der Waals surface area contributed by atoms with E-state index >= 15 is 0 Å². The van der Waals surface area contributed by atoms with Gasteiger partial charge in [-0.25, -0.2) is 0 Å². The van der Waals surface area contributed by atoms with Crippen LogP contribution in [0.5, 0.6) is 0 Å². The van der Waals surface area contributed by atoms with Crippen molar-refractivity contribution in [2.24, 2.45) is 5.92 Å². The Balaban J connectivity index is 2.38. The lowest BCUT2D eigenvalue weighted by Crippen LogP contribution is -2.27. The van der Waals surface area contributed by atoms with Crippen molar-refractivity contribution in [2.45, 2.75) is 26.2 Å². The van der Waals surface area contributed by atoms with Gasteiger partial charge in [-0.05, 0) is 24.0 Å². The van der Waals surface area contributed by atoms with Gasteiger partial charge in [0.05, 0.1) is 13.0 Å². The highest BCUT2D eigenvalue weighted by Crippen LogP contribution is 2.35. The summed E-state index contributed by atoms with van der Waals surface area (Å²) in [7, 11) is 0. The van der Waals surface area contributed by atoms with E-state index in [0.29, 0.717) is 18.9 Å². The summed E-state index contributed by atoms with van der Waals surface area (Å²) >= 11 is 0. The Labute approximate surface area is 102 Å². The molecule has 1 fully saturated rings. The first kappa shape index (κ1) is 11.9. The van der Waals surface area contributed by atoms with Crippen LogP contribution in [0.1, 0.15) is 37.3 Å². The summed E-state index contributed by atoms with van der Waals surface area (Å²) in [5, 5.41) is 0. The molecule has 0 bridgehead atoms. The van der Waals surface area contributed by atoms with Crippen LogP contribution in [-0.2, 0) is 9.53 Å². The molecule has 2 rings (SSSR count). The molecule has 1 aliphatic heterocycles. The molecule has 1 heterocycles. The van der Waals surface area contributed by atoms with Gasteiger partial charge in [-0.3, -0.25) is 4.79 Å². The minimum atomic E-state index is -0.0929. The van der Waals surface area contributed by atoms with E-state index in [4.69, 9.17) is 4.74 Å². The van der Waals surface area contributed by atoms with Gasteiger partial charge in [-0.2, -0.15) is 0 Å². The zero-order chi connectivity index (χ0) is 12.4. The number of cyclic esters (lactones) is 1. The Morgan fingerprint density at radius 3 is 2.82 bits per heavy atom. The van der Waals surface area contributed by atoms with Crippen LogP contribution in [0, 0.1) is 5.92 Å². The van der Waals surface area contributed by atoms with Gasteiger partial charge in [-0.1, -0.05) is 43.3 Å². The number of benzene rings is 1. The molecule has 2 nitrogen and oxygen atoms in total. The first-order valence-corrected chi connectivity index (χ1v) is 6.00. The van der Waals surface area contributed by atoms with E-state index in [1.54, 1.807) is 0 Å². The van der Waals surface area contributed by atoms with Gasteiger partial charge < -0.3 is 4.74 Å². The van der Waals surface area contributed by atoms with Crippen molar-refractivity contribution in [3.8, 4) is 0 Å². The maximum atomic E-state index is 11.4. The molecule has 0 amide bonds. The molecule has 1 saturated heterocycles. The van der Waals surface area contributed by atoms with Gasteiger partial charge >= 0.3 is 5.97 Å². The molecule has 0 aromatic heterocycles. The van der Waals surface area contributed by atoms with Crippen molar-refractivity contribution in [3.63, 3.8) is 0 Å². The third kappa shape index (κ3) is 2.41. The quantitative estimate of drug-likeness (QED) is 0.728. The summed E-state index contributed by atoms with van der Waals surface area (Å²) in [6.07, 6.45) is 0.478. The summed E-state index contributed by atoms with van der Waals surface area (Å²) in [6, 6.07) is 8.21. The highest BCUT2D eigenvalue weighted by molar-refractivity contribution is 5.73. The van der Waals surface area contributed by atoms with Gasteiger partial charge in [0.15, 0.2) is 0 Å². The normalized spacial score (nSPS) is 24.2. The van der Waals surface area contributed by atoms with E-state index in [1.165, 1.54) is 11.1 Å². The van der Waals surface area contributed by atoms with E-state index < -0.39 is 0 Å². The third-order valence-corrected chi connectivity index (χ3v) is 3.40. The number of hydrogen-bond donors (Lipinski definition) is 0. The number of rotatable bonds is 2. The van der Waals surface area contributed by atoms with Gasteiger partial charge in [-0.15, -0.1) is 0 Å². The van der Waals surface area contributed by atoms with Crippen molar-refractivity contribution in [1.82, 2.24) is 0 Å². The van der Waals surface area contributed by atoms with E-state index in [1.807, 2.05) is 19.1 Å². The average Bonchev–Trinajstić information content (AvgIpc) is 2.32. The van der Waals surface area contributed by atoms with E-state index in [-0.39, 0.29) is 11.9 Å². The molecule has 2 heteroatoms. The average molecular weight is 230 g/mol. The molecule has 90 valence electrons. The van der Waals surface area contributed by atoms with Gasteiger partial charge in [0.25, 0.3) is 0 Å². The summed E-state index contributed by atoms with van der Waals surface area (Å²) < 4.78 is 5.08. The van der Waals surface area contributed by atoms with Crippen LogP contribution < -0.4 is 0 Å². The lowest BCUT2D eigenvalue weighted by atomic mass is 9.80. The second-order valence-corrected chi connectivity index (χ2v) is 4.84. The highest BCUT2D eigenvalue weighted by Gasteiger charge is 2.30. The highest BCUT2D eigenvalue weighted by atomic mass is 16.5. The SMILES string of the molecule is C=C(C)c1ccccc1[C@@H]1CC(=O)OC[C@H]1C. The lowest BCUT2D eigenvalue weighted by Gasteiger charge is -2.29. The minimum absolute atomic E-state index is 0.0929. The number of carbonyl (C=O) groups is 1. The maximum absolute atomic E-state index is 11.4. The second kappa shape index (κ2) is 4.74. The zero-order valence-electron chi connectivity index (χ0n) is 10.4. The summed E-state index contributed by atoms with van der Waals surface area (Å²) in [6.45, 7) is 8.67. The molecular formula is C15H18O2. The van der Waals surface area contributed by atoms with Gasteiger partial charge in [0, 0.05) is 5.92 Å². The molecule has 2 atom stereocenters. The van der Waals surface area contributed by atoms with Crippen LogP contribution in [0.15, 0.2) is 30.8 Å². The van der Waals surface area contributed by atoms with Crippen LogP contribution in [0.3, 0.4) is 0 Å². The summed E-state index contributed by atoms with van der Waals surface area (Å²) in [5.74, 6) is 0.530. The number of ether oxygens (including phenoxy) is 1. The molecular weight excluding hydrogens is 212 g/mol. The molecule has 0 unspecified atom stereocenters. The predicted octanol–water partition coefficient (Wildman–Crippen LogP) is 3.39. The lowest BCUT2D eigenvalue weighted by molar-refractivity contribution is -0.150. The fourth-order valence-electron chi connectivity index (χ4n) is 2.41. The Kier molecular flexibility index (Phi) is 3.32. The first-order chi connectivity index (χ1) is 8.09. The molecule has 1 aliphatic rings. The Morgan fingerprint density at radius 1 is 1.41 bits per heavy atom. The number of allylic oxidation sites excluding steroid dienone is 1. The summed E-state index contributed by atoms with van der Waals surface area (Å²) in [4.78, 5) is 11.4. The maximum Gasteiger partial charge on any atom is 0.306 e. The molecule has 0 aliphatic carbocycles. The van der Waals surface area contributed by atoms with Gasteiger partial charge in [0.2, 0.25) is 0 Å². The van der Waals surface area contributed by atoms with Crippen LogP contribution in [0.2, 0.25) is 0 Å². The van der Waals surface area contributed by atoms with Crippen molar-refractivity contribution in [3.05, 3.63) is 42.0 Å². The van der Waals surface area contributed by atoms with Crippen LogP contribution >= 0.6 is 0 Å². The monoisotopic (exact) mass is 230 g/mol. The zero-order valence-corrected chi connectivity index (χ0v) is 10.4. The van der Waals surface area contributed by atoms with Crippen LogP contribution in [-0.4, -0.2) is 12.6 Å². The molecule has 0 spiro atoms. The van der Waals surface area contributed by atoms with Crippen LogP contribution in [0.4, 0.5) is 0 Å². The number of carbonyl (C=O) groups excluding carboxylic acids is 1. The first-order valence-electron chi connectivity index (χ1n) is 6.00. The fourth-order valence-corrected chi connectivity index (χ4v) is 2.41. The molecule has 1 aromatic carbocycles. The second-order valence-electron chi connectivity index (χ2n) is 4.84. The van der Waals surface area contributed by atoms with E-state index in [9.17, 15) is 4.79 Å². The Bertz CT molecular complexity index is 448. The van der Waals surface area contributed by atoms with E-state index in [2.05, 4.69) is 25.6 Å². The number of esters is 1. The summed E-state index contributed by atoms with van der Waals surface area (Å²) in [5.41, 5.74) is 3.44. The Hall–Kier alpha value is -1.57. The van der Waals surface area contributed by atoms with Crippen molar-refractivity contribution < 1.29 is 9.53 Å².